The Labute approximate surface area is 84.6 Å². The van der Waals surface area contributed by atoms with Gasteiger partial charge in [-0.3, -0.25) is 4.79 Å². The van der Waals surface area contributed by atoms with Crippen molar-refractivity contribution in [3.05, 3.63) is 47.4 Å². The molecule has 2 aromatic heterocycles. The smallest absolute Gasteiger partial charge is 0.231 e. The summed E-state index contributed by atoms with van der Waals surface area (Å²) in [5.74, 6) is -0.0951. The molecule has 2 heterocycles. The molecule has 0 aromatic carbocycles. The number of ketones is 1. The Bertz CT molecular complexity index is 453. The molecule has 14 heavy (non-hydrogen) atoms. The summed E-state index contributed by atoms with van der Waals surface area (Å²) in [7, 11) is 0. The molecule has 0 saturated heterocycles. The van der Waals surface area contributed by atoms with Crippen LogP contribution in [0, 0.1) is 0 Å². The number of rotatable bonds is 2. The van der Waals surface area contributed by atoms with E-state index in [1.54, 1.807) is 0 Å². The molecule has 70 valence electrons. The van der Waals surface area contributed by atoms with Crippen molar-refractivity contribution in [2.75, 3.05) is 0 Å². The normalized spacial score (nSPS) is 10.1. The Balaban J connectivity index is 2.34. The number of hydrogen-bond acceptors (Lipinski definition) is 4. The van der Waals surface area contributed by atoms with E-state index in [2.05, 4.69) is 9.97 Å². The summed E-state index contributed by atoms with van der Waals surface area (Å²) in [6.45, 7) is 0. The van der Waals surface area contributed by atoms with Crippen LogP contribution < -0.4 is 0 Å². The Morgan fingerprint density at radius 3 is 2.57 bits per heavy atom. The van der Waals surface area contributed by atoms with E-state index >= 15 is 0 Å². The molecule has 0 fully saturated rings. The molecule has 0 spiro atoms. The average Bonchev–Trinajstić information content (AvgIpc) is 2.65. The Morgan fingerprint density at radius 1 is 1.29 bits per heavy atom. The third-order valence-electron chi connectivity index (χ3n) is 1.62. The van der Waals surface area contributed by atoms with E-state index < -0.39 is 0 Å². The number of hydrogen-bond donors (Lipinski definition) is 0. The highest BCUT2D eigenvalue weighted by molar-refractivity contribution is 6.29. The van der Waals surface area contributed by atoms with E-state index in [1.807, 2.05) is 0 Å². The van der Waals surface area contributed by atoms with Gasteiger partial charge in [0.1, 0.15) is 6.33 Å². The van der Waals surface area contributed by atoms with Gasteiger partial charge in [0.2, 0.25) is 5.78 Å². The number of furan rings is 1. The summed E-state index contributed by atoms with van der Waals surface area (Å²) in [5.41, 5.74) is 0.374. The molecule has 4 nitrogen and oxygen atoms in total. The van der Waals surface area contributed by atoms with Gasteiger partial charge in [0, 0.05) is 12.4 Å². The van der Waals surface area contributed by atoms with Crippen LogP contribution in [-0.4, -0.2) is 15.8 Å². The second kappa shape index (κ2) is 3.59. The maximum atomic E-state index is 11.6. The SMILES string of the molecule is O=C(c1cncnc1)c1ccc(Cl)o1. The lowest BCUT2D eigenvalue weighted by molar-refractivity contribution is 0.101. The highest BCUT2D eigenvalue weighted by Gasteiger charge is 2.13. The second-order valence-corrected chi connectivity index (χ2v) is 2.93. The van der Waals surface area contributed by atoms with Crippen LogP contribution in [0.1, 0.15) is 16.1 Å². The van der Waals surface area contributed by atoms with E-state index in [4.69, 9.17) is 16.0 Å². The Morgan fingerprint density at radius 2 is 2.00 bits per heavy atom. The zero-order chi connectivity index (χ0) is 9.97. The molecular weight excluding hydrogens is 204 g/mol. The van der Waals surface area contributed by atoms with Crippen molar-refractivity contribution >= 4 is 17.4 Å². The first kappa shape index (κ1) is 8.90. The van der Waals surface area contributed by atoms with Crippen molar-refractivity contribution in [2.24, 2.45) is 0 Å². The van der Waals surface area contributed by atoms with Crippen LogP contribution >= 0.6 is 11.6 Å². The van der Waals surface area contributed by atoms with Crippen LogP contribution in [0.15, 0.2) is 35.3 Å². The molecule has 0 aliphatic carbocycles. The first-order valence-electron chi connectivity index (χ1n) is 3.82. The van der Waals surface area contributed by atoms with Crippen molar-refractivity contribution in [3.63, 3.8) is 0 Å². The van der Waals surface area contributed by atoms with Crippen molar-refractivity contribution in [3.8, 4) is 0 Å². The summed E-state index contributed by atoms with van der Waals surface area (Å²) in [6.07, 6.45) is 4.20. The van der Waals surface area contributed by atoms with Crippen LogP contribution in [-0.2, 0) is 0 Å². The lowest BCUT2D eigenvalue weighted by atomic mass is 10.2. The molecule has 0 bridgehead atoms. The van der Waals surface area contributed by atoms with Gasteiger partial charge < -0.3 is 4.42 Å². The van der Waals surface area contributed by atoms with E-state index in [9.17, 15) is 4.79 Å². The quantitative estimate of drug-likeness (QED) is 0.708. The number of carbonyl (C=O) groups is 1. The van der Waals surface area contributed by atoms with Gasteiger partial charge in [-0.05, 0) is 23.7 Å². The van der Waals surface area contributed by atoms with Gasteiger partial charge in [-0.1, -0.05) is 0 Å². The molecule has 2 aromatic rings. The lowest BCUT2D eigenvalue weighted by Gasteiger charge is -1.94. The summed E-state index contributed by atoms with van der Waals surface area (Å²) in [4.78, 5) is 19.1. The van der Waals surface area contributed by atoms with Gasteiger partial charge >= 0.3 is 0 Å². The number of nitrogens with zero attached hydrogens (tertiary/aromatic N) is 2. The van der Waals surface area contributed by atoms with Gasteiger partial charge in [0.25, 0.3) is 0 Å². The number of halogens is 1. The summed E-state index contributed by atoms with van der Waals surface area (Å²) in [6, 6.07) is 3.02. The standard InChI is InChI=1S/C9H5ClN2O2/c10-8-2-1-7(14-8)9(13)6-3-11-5-12-4-6/h1-5H. The van der Waals surface area contributed by atoms with Crippen LogP contribution in [0.5, 0.6) is 0 Å². The van der Waals surface area contributed by atoms with Crippen LogP contribution in [0.3, 0.4) is 0 Å². The fraction of sp³-hybridized carbons (Fsp3) is 0. The highest BCUT2D eigenvalue weighted by atomic mass is 35.5. The van der Waals surface area contributed by atoms with E-state index in [0.717, 1.165) is 0 Å². The summed E-state index contributed by atoms with van der Waals surface area (Å²) >= 11 is 5.54. The van der Waals surface area contributed by atoms with Gasteiger partial charge in [-0.15, -0.1) is 0 Å². The van der Waals surface area contributed by atoms with Crippen LogP contribution in [0.2, 0.25) is 5.22 Å². The number of carbonyl (C=O) groups excluding carboxylic acids is 1. The first-order chi connectivity index (χ1) is 6.77. The zero-order valence-corrected chi connectivity index (χ0v) is 7.73. The molecule has 0 unspecified atom stereocenters. The van der Waals surface area contributed by atoms with Crippen LogP contribution in [0.4, 0.5) is 0 Å². The highest BCUT2D eigenvalue weighted by Crippen LogP contribution is 2.15. The van der Waals surface area contributed by atoms with Gasteiger partial charge in [-0.2, -0.15) is 0 Å². The van der Waals surface area contributed by atoms with Crippen molar-refractivity contribution in [1.82, 2.24) is 9.97 Å². The second-order valence-electron chi connectivity index (χ2n) is 2.56. The largest absolute Gasteiger partial charge is 0.441 e. The molecule has 5 heteroatoms. The van der Waals surface area contributed by atoms with E-state index in [0.29, 0.717) is 5.56 Å². The Hall–Kier alpha value is -1.68. The average molecular weight is 209 g/mol. The minimum absolute atomic E-state index is 0.185. The summed E-state index contributed by atoms with van der Waals surface area (Å²) < 4.78 is 4.96. The monoisotopic (exact) mass is 208 g/mol. The van der Waals surface area contributed by atoms with Gasteiger partial charge in [0.15, 0.2) is 11.0 Å². The molecular formula is C9H5ClN2O2. The van der Waals surface area contributed by atoms with E-state index in [-0.39, 0.29) is 16.8 Å². The molecule has 0 atom stereocenters. The topological polar surface area (TPSA) is 56.0 Å². The summed E-state index contributed by atoms with van der Waals surface area (Å²) in [5, 5.41) is 0.185. The zero-order valence-electron chi connectivity index (χ0n) is 6.98. The molecule has 2 rings (SSSR count). The first-order valence-corrected chi connectivity index (χ1v) is 4.20. The van der Waals surface area contributed by atoms with Crippen molar-refractivity contribution in [1.29, 1.82) is 0 Å². The van der Waals surface area contributed by atoms with Crippen LogP contribution in [0.25, 0.3) is 0 Å². The minimum atomic E-state index is -0.280. The lowest BCUT2D eigenvalue weighted by Crippen LogP contribution is -2.00. The fourth-order valence-corrected chi connectivity index (χ4v) is 1.14. The van der Waals surface area contributed by atoms with Gasteiger partial charge in [0.05, 0.1) is 5.56 Å². The predicted molar refractivity (Wildman–Crippen MR) is 49.2 cm³/mol. The molecule has 0 radical (unpaired) electrons. The Kier molecular flexibility index (Phi) is 2.28. The maximum absolute atomic E-state index is 11.6. The fourth-order valence-electron chi connectivity index (χ4n) is 0.995. The molecule has 0 aliphatic heterocycles. The van der Waals surface area contributed by atoms with Crippen molar-refractivity contribution in [2.45, 2.75) is 0 Å². The third-order valence-corrected chi connectivity index (χ3v) is 1.82. The molecule has 0 aliphatic rings. The molecule has 0 N–H and O–H groups in total. The predicted octanol–water partition coefficient (Wildman–Crippen LogP) is 1.95. The molecule has 0 amide bonds. The van der Waals surface area contributed by atoms with E-state index in [1.165, 1.54) is 30.9 Å². The number of aromatic nitrogens is 2. The maximum Gasteiger partial charge on any atom is 0.231 e. The van der Waals surface area contributed by atoms with Gasteiger partial charge in [-0.25, -0.2) is 9.97 Å². The van der Waals surface area contributed by atoms with Crippen molar-refractivity contribution < 1.29 is 9.21 Å². The minimum Gasteiger partial charge on any atom is -0.441 e. The third kappa shape index (κ3) is 1.65. The molecule has 0 saturated carbocycles.